The molecule has 19 atom stereocenters. The van der Waals surface area contributed by atoms with Crippen molar-refractivity contribution in [3.05, 3.63) is 0 Å². The highest BCUT2D eigenvalue weighted by molar-refractivity contribution is 5.80. The molecular formula is C42H58O8. The Balaban J connectivity index is 0.841. The van der Waals surface area contributed by atoms with E-state index in [-0.39, 0.29) is 72.8 Å². The zero-order chi connectivity index (χ0) is 34.2. The van der Waals surface area contributed by atoms with E-state index in [1.807, 2.05) is 20.8 Å². The van der Waals surface area contributed by atoms with E-state index in [9.17, 15) is 19.2 Å². The largest absolute Gasteiger partial charge is 0.462 e. The molecule has 10 rings (SSSR count). The molecule has 0 radical (unpaired) electrons. The fraction of sp³-hybridized carbons (Fsp3) is 0.905. The molecule has 8 bridgehead atoms. The summed E-state index contributed by atoms with van der Waals surface area (Å²) in [6, 6.07) is 0. The summed E-state index contributed by atoms with van der Waals surface area (Å²) in [7, 11) is 0. The highest BCUT2D eigenvalue weighted by Gasteiger charge is 2.65. The molecule has 9 aliphatic carbocycles. The van der Waals surface area contributed by atoms with Crippen LogP contribution >= 0.6 is 0 Å². The topological polar surface area (TPSA) is 105 Å². The van der Waals surface area contributed by atoms with Crippen molar-refractivity contribution >= 4 is 23.9 Å². The maximum atomic E-state index is 14.4. The van der Waals surface area contributed by atoms with Crippen LogP contribution in [0.1, 0.15) is 117 Å². The molecule has 19 unspecified atom stereocenters. The SMILES string of the molecule is CCC(CC(CC(C)(C)C(=O)OC1CC2CC1C1CCCC21)C(=O)OC1CC2CC1C1C3CCC(C3)C21)C(=O)OC1C2CC3C(=O)OC1C3C2. The van der Waals surface area contributed by atoms with Gasteiger partial charge in [0.1, 0.15) is 24.4 Å². The fourth-order valence-corrected chi connectivity index (χ4v) is 15.4. The fourth-order valence-electron chi connectivity index (χ4n) is 15.4. The van der Waals surface area contributed by atoms with Crippen LogP contribution in [0.25, 0.3) is 0 Å². The first-order valence-electron chi connectivity index (χ1n) is 20.9. The monoisotopic (exact) mass is 690 g/mol. The average Bonchev–Trinajstić information content (AvgIpc) is 3.93. The lowest BCUT2D eigenvalue weighted by Crippen LogP contribution is -2.41. The van der Waals surface area contributed by atoms with Crippen LogP contribution in [0.3, 0.4) is 0 Å². The van der Waals surface area contributed by atoms with Crippen molar-refractivity contribution < 1.29 is 38.1 Å². The Bertz CT molecular complexity index is 1440. The third-order valence-electron chi connectivity index (χ3n) is 17.3. The second kappa shape index (κ2) is 11.7. The summed E-state index contributed by atoms with van der Waals surface area (Å²) in [4.78, 5) is 54.6. The van der Waals surface area contributed by atoms with Crippen molar-refractivity contribution in [2.24, 2.45) is 94.2 Å². The van der Waals surface area contributed by atoms with Gasteiger partial charge in [0.05, 0.1) is 23.2 Å². The van der Waals surface area contributed by atoms with Gasteiger partial charge in [0.2, 0.25) is 0 Å². The smallest absolute Gasteiger partial charge is 0.311 e. The zero-order valence-electron chi connectivity index (χ0n) is 30.3. The highest BCUT2D eigenvalue weighted by atomic mass is 16.6. The molecule has 10 fully saturated rings. The minimum absolute atomic E-state index is 0.00958. The van der Waals surface area contributed by atoms with Crippen molar-refractivity contribution in [3.63, 3.8) is 0 Å². The molecule has 0 spiro atoms. The summed E-state index contributed by atoms with van der Waals surface area (Å²) in [5.74, 6) is 5.31. The number of ether oxygens (including phenoxy) is 4. The van der Waals surface area contributed by atoms with Crippen LogP contribution in [0.2, 0.25) is 0 Å². The van der Waals surface area contributed by atoms with E-state index in [0.717, 1.165) is 49.4 Å². The molecule has 9 saturated carbocycles. The summed E-state index contributed by atoms with van der Waals surface area (Å²) in [6.45, 7) is 5.80. The molecule has 0 aromatic heterocycles. The number of hydrogen-bond acceptors (Lipinski definition) is 8. The van der Waals surface area contributed by atoms with E-state index in [1.165, 1.54) is 51.4 Å². The summed E-state index contributed by atoms with van der Waals surface area (Å²) in [6.07, 6.45) is 14.2. The highest BCUT2D eigenvalue weighted by Crippen LogP contribution is 2.68. The number of rotatable bonds is 11. The quantitative estimate of drug-likeness (QED) is 0.131. The van der Waals surface area contributed by atoms with E-state index in [0.29, 0.717) is 41.9 Å². The first-order chi connectivity index (χ1) is 24.1. The summed E-state index contributed by atoms with van der Waals surface area (Å²) < 4.78 is 24.7. The number of carbonyl (C=O) groups is 4. The van der Waals surface area contributed by atoms with Gasteiger partial charge in [0.25, 0.3) is 0 Å². The van der Waals surface area contributed by atoms with Crippen LogP contribution in [0.15, 0.2) is 0 Å². The number of esters is 4. The number of fused-ring (bicyclic) bond motifs is 15. The molecule has 0 N–H and O–H groups in total. The van der Waals surface area contributed by atoms with Crippen molar-refractivity contribution in [2.45, 2.75) is 141 Å². The van der Waals surface area contributed by atoms with Crippen molar-refractivity contribution in [1.82, 2.24) is 0 Å². The van der Waals surface area contributed by atoms with Gasteiger partial charge in [-0.3, -0.25) is 19.2 Å². The molecule has 8 heteroatoms. The summed E-state index contributed by atoms with van der Waals surface area (Å²) >= 11 is 0. The van der Waals surface area contributed by atoms with Gasteiger partial charge in [-0.05, 0) is 163 Å². The third-order valence-corrected chi connectivity index (χ3v) is 17.3. The lowest BCUT2D eigenvalue weighted by molar-refractivity contribution is -0.170. The summed E-state index contributed by atoms with van der Waals surface area (Å²) in [5, 5.41) is 0. The third kappa shape index (κ3) is 4.86. The van der Waals surface area contributed by atoms with Crippen LogP contribution in [0.4, 0.5) is 0 Å². The molecule has 0 aromatic carbocycles. The van der Waals surface area contributed by atoms with Gasteiger partial charge in [0, 0.05) is 11.8 Å². The minimum Gasteiger partial charge on any atom is -0.462 e. The van der Waals surface area contributed by atoms with Gasteiger partial charge < -0.3 is 18.9 Å². The van der Waals surface area contributed by atoms with E-state index in [1.54, 1.807) is 0 Å². The minimum atomic E-state index is -0.898. The molecule has 274 valence electrons. The van der Waals surface area contributed by atoms with E-state index in [2.05, 4.69) is 0 Å². The van der Waals surface area contributed by atoms with Crippen LogP contribution < -0.4 is 0 Å². The molecular weight excluding hydrogens is 632 g/mol. The zero-order valence-corrected chi connectivity index (χ0v) is 30.3. The van der Waals surface area contributed by atoms with Gasteiger partial charge in [-0.25, -0.2) is 0 Å². The molecule has 50 heavy (non-hydrogen) atoms. The Morgan fingerprint density at radius 1 is 0.700 bits per heavy atom. The predicted molar refractivity (Wildman–Crippen MR) is 181 cm³/mol. The van der Waals surface area contributed by atoms with Gasteiger partial charge in [-0.1, -0.05) is 13.3 Å². The molecule has 0 aromatic rings. The first kappa shape index (κ1) is 32.5. The Hall–Kier alpha value is -2.12. The molecule has 1 heterocycles. The first-order valence-corrected chi connectivity index (χ1v) is 20.9. The predicted octanol–water partition coefficient (Wildman–Crippen LogP) is 6.91. The molecule has 10 aliphatic rings. The maximum Gasteiger partial charge on any atom is 0.311 e. The van der Waals surface area contributed by atoms with E-state index < -0.39 is 23.4 Å². The average molecular weight is 691 g/mol. The molecule has 1 saturated heterocycles. The van der Waals surface area contributed by atoms with Crippen molar-refractivity contribution in [2.75, 3.05) is 0 Å². The Labute approximate surface area is 297 Å². The molecule has 1 aliphatic heterocycles. The van der Waals surface area contributed by atoms with Crippen LogP contribution in [0, 0.1) is 94.2 Å². The standard InChI is InChI=1S/C42H58O8/c1-4-19(38(43)49-36-24-14-29-30(15-24)40(45)50-37(29)36)10-25(39(44)47-33-17-23-13-31(33)35-21-9-8-20(11-21)34(23)35)18-42(2,3)41(46)48-32-16-22-12-28(32)27-7-5-6-26(22)27/h19-37H,4-18H2,1-3H3. The van der Waals surface area contributed by atoms with Crippen molar-refractivity contribution in [1.29, 1.82) is 0 Å². The Morgan fingerprint density at radius 3 is 2.22 bits per heavy atom. The van der Waals surface area contributed by atoms with Crippen LogP contribution in [0.5, 0.6) is 0 Å². The van der Waals surface area contributed by atoms with Gasteiger partial charge in [0.15, 0.2) is 0 Å². The van der Waals surface area contributed by atoms with Crippen LogP contribution in [-0.2, 0) is 38.1 Å². The Morgan fingerprint density at radius 2 is 1.40 bits per heavy atom. The second-order valence-electron chi connectivity index (χ2n) is 19.9. The maximum absolute atomic E-state index is 14.4. The van der Waals surface area contributed by atoms with E-state index in [4.69, 9.17) is 18.9 Å². The normalized spacial score (nSPS) is 49.3. The number of carbonyl (C=O) groups excluding carboxylic acids is 4. The van der Waals surface area contributed by atoms with E-state index >= 15 is 0 Å². The van der Waals surface area contributed by atoms with Gasteiger partial charge in [-0.2, -0.15) is 0 Å². The van der Waals surface area contributed by atoms with Gasteiger partial charge in [-0.15, -0.1) is 0 Å². The lowest BCUT2D eigenvalue weighted by Gasteiger charge is -2.39. The van der Waals surface area contributed by atoms with Crippen molar-refractivity contribution in [3.8, 4) is 0 Å². The number of hydrogen-bond donors (Lipinski definition) is 0. The Kier molecular flexibility index (Phi) is 7.60. The summed E-state index contributed by atoms with van der Waals surface area (Å²) in [5.41, 5.74) is -0.898. The van der Waals surface area contributed by atoms with Gasteiger partial charge >= 0.3 is 23.9 Å². The molecule has 8 nitrogen and oxygen atoms in total. The second-order valence-corrected chi connectivity index (χ2v) is 19.9. The van der Waals surface area contributed by atoms with Crippen LogP contribution in [-0.4, -0.2) is 48.3 Å². The molecule has 0 amide bonds. The lowest BCUT2D eigenvalue weighted by atomic mass is 9.70.